The van der Waals surface area contributed by atoms with Gasteiger partial charge < -0.3 is 14.9 Å². The Morgan fingerprint density at radius 3 is 2.00 bits per heavy atom. The summed E-state index contributed by atoms with van der Waals surface area (Å²) < 4.78 is 0. The van der Waals surface area contributed by atoms with Gasteiger partial charge in [-0.05, 0) is 33.6 Å². The van der Waals surface area contributed by atoms with Crippen molar-refractivity contribution in [1.29, 1.82) is 0 Å². The van der Waals surface area contributed by atoms with Crippen LogP contribution in [-0.4, -0.2) is 52.1 Å². The Morgan fingerprint density at radius 1 is 1.11 bits per heavy atom. The molecule has 0 aromatic rings. The van der Waals surface area contributed by atoms with Crippen LogP contribution >= 0.6 is 0 Å². The maximum atomic E-state index is 12.4. The first kappa shape index (κ1) is 16.7. The van der Waals surface area contributed by atoms with Gasteiger partial charge in [0.1, 0.15) is 6.54 Å². The smallest absolute Gasteiger partial charge is 0.323 e. The van der Waals surface area contributed by atoms with E-state index in [9.17, 15) is 9.59 Å². The van der Waals surface area contributed by atoms with Crippen LogP contribution in [0.5, 0.6) is 0 Å². The number of rotatable bonds is 7. The van der Waals surface area contributed by atoms with Gasteiger partial charge in [0.2, 0.25) is 0 Å². The molecule has 5 heteroatoms. The normalized spacial score (nSPS) is 12.3. The van der Waals surface area contributed by atoms with Gasteiger partial charge in [-0.1, -0.05) is 13.8 Å². The number of hydrogen-bond donors (Lipinski definition) is 1. The van der Waals surface area contributed by atoms with Crippen LogP contribution in [-0.2, 0) is 4.79 Å². The van der Waals surface area contributed by atoms with Gasteiger partial charge in [0.25, 0.3) is 0 Å². The van der Waals surface area contributed by atoms with Crippen molar-refractivity contribution in [3.05, 3.63) is 0 Å². The van der Waals surface area contributed by atoms with Crippen LogP contribution in [0.1, 0.15) is 47.5 Å². The van der Waals surface area contributed by atoms with E-state index in [4.69, 9.17) is 5.11 Å². The fourth-order valence-electron chi connectivity index (χ4n) is 1.76. The first-order valence-corrected chi connectivity index (χ1v) is 6.64. The number of carbonyl (C=O) groups excluding carboxylic acids is 1. The molecule has 0 aromatic carbocycles. The van der Waals surface area contributed by atoms with Crippen molar-refractivity contribution in [1.82, 2.24) is 9.80 Å². The van der Waals surface area contributed by atoms with E-state index in [1.807, 2.05) is 34.6 Å². The summed E-state index contributed by atoms with van der Waals surface area (Å²) in [6.45, 7) is 10.2. The molecule has 1 N–H and O–H groups in total. The van der Waals surface area contributed by atoms with E-state index in [2.05, 4.69) is 0 Å². The van der Waals surface area contributed by atoms with Crippen LogP contribution in [0.25, 0.3) is 0 Å². The summed E-state index contributed by atoms with van der Waals surface area (Å²) in [5.74, 6) is -0.969. The third-order valence-corrected chi connectivity index (χ3v) is 3.01. The first-order chi connectivity index (χ1) is 8.34. The molecule has 0 bridgehead atoms. The summed E-state index contributed by atoms with van der Waals surface area (Å²) >= 11 is 0. The molecule has 1 unspecified atom stereocenters. The quantitative estimate of drug-likeness (QED) is 0.762. The molecule has 0 aromatic heterocycles. The van der Waals surface area contributed by atoms with Gasteiger partial charge in [0.05, 0.1) is 0 Å². The SMILES string of the molecule is CCCN(C(=O)N(CC(=O)O)C(C)CC)C(C)C. The lowest BCUT2D eigenvalue weighted by Gasteiger charge is -2.35. The minimum absolute atomic E-state index is 0.0632. The van der Waals surface area contributed by atoms with Gasteiger partial charge in [-0.2, -0.15) is 0 Å². The van der Waals surface area contributed by atoms with Crippen molar-refractivity contribution < 1.29 is 14.7 Å². The molecule has 106 valence electrons. The lowest BCUT2D eigenvalue weighted by atomic mass is 10.2. The van der Waals surface area contributed by atoms with Gasteiger partial charge >= 0.3 is 12.0 Å². The molecule has 5 nitrogen and oxygen atoms in total. The molecule has 0 fully saturated rings. The number of aliphatic carboxylic acids is 1. The van der Waals surface area contributed by atoms with Gasteiger partial charge in [-0.25, -0.2) is 4.79 Å². The first-order valence-electron chi connectivity index (χ1n) is 6.64. The predicted molar refractivity (Wildman–Crippen MR) is 71.6 cm³/mol. The minimum atomic E-state index is -0.969. The second-order valence-corrected chi connectivity index (χ2v) is 4.85. The van der Waals surface area contributed by atoms with Crippen molar-refractivity contribution in [2.75, 3.05) is 13.1 Å². The van der Waals surface area contributed by atoms with E-state index in [0.29, 0.717) is 6.54 Å². The van der Waals surface area contributed by atoms with Gasteiger partial charge in [-0.3, -0.25) is 4.79 Å². The molecular weight excluding hydrogens is 232 g/mol. The molecule has 1 atom stereocenters. The monoisotopic (exact) mass is 258 g/mol. The lowest BCUT2D eigenvalue weighted by Crippen LogP contribution is -2.51. The van der Waals surface area contributed by atoms with Crippen molar-refractivity contribution in [3.8, 4) is 0 Å². The Morgan fingerprint density at radius 2 is 1.67 bits per heavy atom. The van der Waals surface area contributed by atoms with Gasteiger partial charge in [0.15, 0.2) is 0 Å². The summed E-state index contributed by atoms with van der Waals surface area (Å²) in [6, 6.07) is -0.159. The molecule has 0 heterocycles. The standard InChI is InChI=1S/C13H26N2O3/c1-6-8-14(10(3)4)13(18)15(9-12(16)17)11(5)7-2/h10-11H,6-9H2,1-5H3,(H,16,17). The number of carboxylic acid groups (broad SMARTS) is 1. The maximum absolute atomic E-state index is 12.4. The highest BCUT2D eigenvalue weighted by atomic mass is 16.4. The van der Waals surface area contributed by atoms with Crippen molar-refractivity contribution >= 4 is 12.0 Å². The Balaban J connectivity index is 4.95. The summed E-state index contributed by atoms with van der Waals surface area (Å²) in [4.78, 5) is 26.4. The number of hydrogen-bond acceptors (Lipinski definition) is 2. The molecule has 0 saturated carbocycles. The van der Waals surface area contributed by atoms with E-state index in [-0.39, 0.29) is 24.7 Å². The number of nitrogens with zero attached hydrogens (tertiary/aromatic N) is 2. The van der Waals surface area contributed by atoms with E-state index < -0.39 is 5.97 Å². The second kappa shape index (κ2) is 7.95. The molecule has 0 rings (SSSR count). The third-order valence-electron chi connectivity index (χ3n) is 3.01. The number of amides is 2. The molecule has 2 amide bonds. The second-order valence-electron chi connectivity index (χ2n) is 4.85. The van der Waals surface area contributed by atoms with Crippen LogP contribution in [0.4, 0.5) is 4.79 Å². The van der Waals surface area contributed by atoms with Crippen molar-refractivity contribution in [2.24, 2.45) is 0 Å². The fraction of sp³-hybridized carbons (Fsp3) is 0.846. The Bertz CT molecular complexity index is 279. The molecule has 0 radical (unpaired) electrons. The van der Waals surface area contributed by atoms with Gasteiger partial charge in [0, 0.05) is 18.6 Å². The van der Waals surface area contributed by atoms with Crippen molar-refractivity contribution in [2.45, 2.75) is 59.5 Å². The van der Waals surface area contributed by atoms with E-state index in [1.165, 1.54) is 4.90 Å². The van der Waals surface area contributed by atoms with Gasteiger partial charge in [-0.15, -0.1) is 0 Å². The molecule has 0 aliphatic rings. The minimum Gasteiger partial charge on any atom is -0.480 e. The largest absolute Gasteiger partial charge is 0.480 e. The Labute approximate surface area is 110 Å². The Kier molecular flexibility index (Phi) is 7.39. The number of carboxylic acids is 1. The van der Waals surface area contributed by atoms with E-state index in [1.54, 1.807) is 4.90 Å². The highest BCUT2D eigenvalue weighted by molar-refractivity contribution is 5.80. The Hall–Kier alpha value is -1.26. The topological polar surface area (TPSA) is 60.9 Å². The zero-order valence-corrected chi connectivity index (χ0v) is 12.1. The fourth-order valence-corrected chi connectivity index (χ4v) is 1.76. The highest BCUT2D eigenvalue weighted by Crippen LogP contribution is 2.11. The summed E-state index contributed by atoms with van der Waals surface area (Å²) in [7, 11) is 0. The van der Waals surface area contributed by atoms with Crippen LogP contribution < -0.4 is 0 Å². The van der Waals surface area contributed by atoms with Crippen LogP contribution in [0, 0.1) is 0 Å². The molecule has 0 aliphatic heterocycles. The number of urea groups is 1. The lowest BCUT2D eigenvalue weighted by molar-refractivity contribution is -0.138. The van der Waals surface area contributed by atoms with Crippen LogP contribution in [0.15, 0.2) is 0 Å². The summed E-state index contributed by atoms with van der Waals surface area (Å²) in [5.41, 5.74) is 0. The number of carbonyl (C=O) groups is 2. The molecule has 18 heavy (non-hydrogen) atoms. The third kappa shape index (κ3) is 4.94. The zero-order valence-electron chi connectivity index (χ0n) is 12.1. The average molecular weight is 258 g/mol. The summed E-state index contributed by atoms with van der Waals surface area (Å²) in [5, 5.41) is 8.92. The average Bonchev–Trinajstić information content (AvgIpc) is 2.30. The predicted octanol–water partition coefficient (Wildman–Crippen LogP) is 2.41. The van der Waals surface area contributed by atoms with E-state index >= 15 is 0 Å². The van der Waals surface area contributed by atoms with Crippen LogP contribution in [0.2, 0.25) is 0 Å². The molecular formula is C13H26N2O3. The van der Waals surface area contributed by atoms with E-state index in [0.717, 1.165) is 12.8 Å². The molecule has 0 spiro atoms. The zero-order chi connectivity index (χ0) is 14.3. The summed E-state index contributed by atoms with van der Waals surface area (Å²) in [6.07, 6.45) is 1.61. The van der Waals surface area contributed by atoms with Crippen LogP contribution in [0.3, 0.4) is 0 Å². The molecule has 0 saturated heterocycles. The highest BCUT2D eigenvalue weighted by Gasteiger charge is 2.27. The maximum Gasteiger partial charge on any atom is 0.323 e. The molecule has 0 aliphatic carbocycles. The van der Waals surface area contributed by atoms with Crippen molar-refractivity contribution in [3.63, 3.8) is 0 Å².